The highest BCUT2D eigenvalue weighted by atomic mass is 16.5. The zero-order valence-corrected chi connectivity index (χ0v) is 15.9. The summed E-state index contributed by atoms with van der Waals surface area (Å²) in [5.41, 5.74) is 0. The van der Waals surface area contributed by atoms with E-state index in [4.69, 9.17) is 9.47 Å². The van der Waals surface area contributed by atoms with Crippen molar-refractivity contribution >= 4 is 5.91 Å². The average Bonchev–Trinajstić information content (AvgIpc) is 2.98. The van der Waals surface area contributed by atoms with Crippen LogP contribution in [0.2, 0.25) is 0 Å². The van der Waals surface area contributed by atoms with Gasteiger partial charge >= 0.3 is 0 Å². The number of ether oxygens (including phenoxy) is 2. The summed E-state index contributed by atoms with van der Waals surface area (Å²) in [7, 11) is 0. The molecule has 5 fully saturated rings. The van der Waals surface area contributed by atoms with Gasteiger partial charge in [0.15, 0.2) is 0 Å². The van der Waals surface area contributed by atoms with Crippen molar-refractivity contribution in [3.8, 4) is 0 Å². The van der Waals surface area contributed by atoms with E-state index in [9.17, 15) is 4.79 Å². The van der Waals surface area contributed by atoms with Crippen molar-refractivity contribution in [2.24, 2.45) is 17.8 Å². The zero-order chi connectivity index (χ0) is 17.5. The molecule has 0 aromatic heterocycles. The quantitative estimate of drug-likeness (QED) is 0.735. The molecule has 0 aromatic rings. The predicted molar refractivity (Wildman–Crippen MR) is 97.9 cm³/mol. The third-order valence-corrected chi connectivity index (χ3v) is 7.44. The second-order valence-electron chi connectivity index (χ2n) is 8.85. The first-order valence-corrected chi connectivity index (χ1v) is 10.8. The van der Waals surface area contributed by atoms with Crippen molar-refractivity contribution in [3.63, 3.8) is 0 Å². The topological polar surface area (TPSA) is 45.2 Å². The fourth-order valence-electron chi connectivity index (χ4n) is 5.75. The molecule has 5 aliphatic rings. The van der Waals surface area contributed by atoms with Gasteiger partial charge in [0.25, 0.3) is 0 Å². The summed E-state index contributed by atoms with van der Waals surface area (Å²) in [4.78, 5) is 20.3. The lowest BCUT2D eigenvalue weighted by atomic mass is 10.0. The Bertz CT molecular complexity index is 514. The Labute approximate surface area is 156 Å². The Morgan fingerprint density at radius 2 is 1.69 bits per heavy atom. The fourth-order valence-corrected chi connectivity index (χ4v) is 5.75. The second kappa shape index (κ2) is 7.38. The van der Waals surface area contributed by atoms with Crippen LogP contribution in [-0.2, 0) is 14.3 Å². The minimum atomic E-state index is 0.260. The maximum absolute atomic E-state index is 12.9. The summed E-state index contributed by atoms with van der Waals surface area (Å²) in [6.45, 7) is 10.2. The van der Waals surface area contributed by atoms with Crippen molar-refractivity contribution in [1.82, 2.24) is 14.7 Å². The smallest absolute Gasteiger partial charge is 0.226 e. The number of nitrogens with zero attached hydrogens (tertiary/aromatic N) is 3. The molecule has 0 radical (unpaired) electrons. The molecule has 1 aliphatic carbocycles. The van der Waals surface area contributed by atoms with E-state index in [1.165, 1.54) is 32.5 Å². The van der Waals surface area contributed by atoms with Gasteiger partial charge in [-0.1, -0.05) is 0 Å². The van der Waals surface area contributed by atoms with Crippen molar-refractivity contribution in [2.45, 2.75) is 37.8 Å². The Hall–Kier alpha value is -0.690. The monoisotopic (exact) mass is 363 g/mol. The van der Waals surface area contributed by atoms with Gasteiger partial charge < -0.3 is 19.3 Å². The van der Waals surface area contributed by atoms with E-state index < -0.39 is 0 Å². The van der Waals surface area contributed by atoms with E-state index in [1.54, 1.807) is 0 Å². The van der Waals surface area contributed by atoms with Gasteiger partial charge in [-0.3, -0.25) is 9.69 Å². The number of amides is 1. The van der Waals surface area contributed by atoms with Gasteiger partial charge in [-0.25, -0.2) is 0 Å². The number of carbonyl (C=O) groups is 1. The van der Waals surface area contributed by atoms with Crippen molar-refractivity contribution < 1.29 is 14.3 Å². The van der Waals surface area contributed by atoms with Crippen LogP contribution in [0.5, 0.6) is 0 Å². The molecule has 0 spiro atoms. The zero-order valence-electron chi connectivity index (χ0n) is 15.9. The summed E-state index contributed by atoms with van der Waals surface area (Å²) in [5.74, 6) is 1.68. The van der Waals surface area contributed by atoms with E-state index in [2.05, 4.69) is 14.7 Å². The molecule has 6 heteroatoms. The highest BCUT2D eigenvalue weighted by molar-refractivity contribution is 5.82. The van der Waals surface area contributed by atoms with Crippen LogP contribution in [0.1, 0.15) is 25.7 Å². The molecule has 4 saturated heterocycles. The molecule has 4 aliphatic heterocycles. The van der Waals surface area contributed by atoms with Crippen LogP contribution < -0.4 is 0 Å². The summed E-state index contributed by atoms with van der Waals surface area (Å²) in [5, 5.41) is 0. The van der Waals surface area contributed by atoms with E-state index in [-0.39, 0.29) is 5.92 Å². The van der Waals surface area contributed by atoms with Gasteiger partial charge in [-0.15, -0.1) is 0 Å². The maximum Gasteiger partial charge on any atom is 0.226 e. The third-order valence-electron chi connectivity index (χ3n) is 7.44. The molecule has 146 valence electrons. The second-order valence-corrected chi connectivity index (χ2v) is 8.85. The van der Waals surface area contributed by atoms with Crippen LogP contribution >= 0.6 is 0 Å². The minimum Gasteiger partial charge on any atom is -0.381 e. The van der Waals surface area contributed by atoms with Gasteiger partial charge in [-0.2, -0.15) is 0 Å². The van der Waals surface area contributed by atoms with Gasteiger partial charge in [0, 0.05) is 44.7 Å². The predicted octanol–water partition coefficient (Wildman–Crippen LogP) is 0.666. The Morgan fingerprint density at radius 3 is 2.50 bits per heavy atom. The summed E-state index contributed by atoms with van der Waals surface area (Å²) >= 11 is 0. The molecular weight excluding hydrogens is 330 g/mol. The number of morpholine rings is 1. The molecule has 5 rings (SSSR count). The summed E-state index contributed by atoms with van der Waals surface area (Å²) < 4.78 is 11.6. The molecule has 1 amide bonds. The van der Waals surface area contributed by atoms with Gasteiger partial charge in [0.05, 0.1) is 25.9 Å². The molecule has 0 N–H and O–H groups in total. The molecule has 4 heterocycles. The largest absolute Gasteiger partial charge is 0.381 e. The van der Waals surface area contributed by atoms with Crippen molar-refractivity contribution in [2.75, 3.05) is 65.6 Å². The highest BCUT2D eigenvalue weighted by Gasteiger charge is 2.59. The Kier molecular flexibility index (Phi) is 4.94. The first-order valence-electron chi connectivity index (χ1n) is 10.8. The van der Waals surface area contributed by atoms with Crippen LogP contribution in [0.15, 0.2) is 0 Å². The first-order chi connectivity index (χ1) is 12.8. The van der Waals surface area contributed by atoms with Gasteiger partial charge in [0.2, 0.25) is 5.91 Å². The van der Waals surface area contributed by atoms with E-state index in [1.807, 2.05) is 0 Å². The van der Waals surface area contributed by atoms with Gasteiger partial charge in [0.1, 0.15) is 0 Å². The average molecular weight is 364 g/mol. The number of hydrogen-bond donors (Lipinski definition) is 0. The maximum atomic E-state index is 12.9. The fraction of sp³-hybridized carbons (Fsp3) is 0.950. The lowest BCUT2D eigenvalue weighted by Crippen LogP contribution is -2.53. The summed E-state index contributed by atoms with van der Waals surface area (Å²) in [6, 6.07) is 0.492. The number of hydrogen-bond acceptors (Lipinski definition) is 5. The van der Waals surface area contributed by atoms with E-state index in [0.717, 1.165) is 58.8 Å². The molecule has 1 saturated carbocycles. The Balaban J connectivity index is 1.17. The van der Waals surface area contributed by atoms with E-state index in [0.29, 0.717) is 29.9 Å². The normalized spacial score (nSPS) is 40.9. The molecule has 3 unspecified atom stereocenters. The standard InChI is InChI=1S/C20H33N3O3/c24-20(19-15-13-25-14-16(15)19)23-7-3-17-18(4-8-23)26-12-11-22(17)10-9-21-5-1-2-6-21/h15-19H,1-14H2/t15-,16+,17?,18?,19?. The van der Waals surface area contributed by atoms with Crippen LogP contribution in [0, 0.1) is 17.8 Å². The van der Waals surface area contributed by atoms with Crippen molar-refractivity contribution in [1.29, 1.82) is 0 Å². The molecule has 26 heavy (non-hydrogen) atoms. The minimum absolute atomic E-state index is 0.260. The third kappa shape index (κ3) is 3.30. The van der Waals surface area contributed by atoms with Crippen LogP contribution in [-0.4, -0.2) is 98.4 Å². The van der Waals surface area contributed by atoms with Crippen LogP contribution in [0.3, 0.4) is 0 Å². The lowest BCUT2D eigenvalue weighted by Gasteiger charge is -2.41. The number of carbonyl (C=O) groups excluding carboxylic acids is 1. The molecule has 0 bridgehead atoms. The number of likely N-dealkylation sites (tertiary alicyclic amines) is 2. The SMILES string of the molecule is O=C(C1[C@H]2COC[C@@H]12)N1CCC2OCCN(CCN3CCCC3)C2CC1. The number of fused-ring (bicyclic) bond motifs is 2. The highest BCUT2D eigenvalue weighted by Crippen LogP contribution is 2.51. The molecular formula is C20H33N3O3. The lowest BCUT2D eigenvalue weighted by molar-refractivity contribution is -0.134. The molecule has 6 nitrogen and oxygen atoms in total. The first kappa shape index (κ1) is 17.4. The number of rotatable bonds is 4. The Morgan fingerprint density at radius 1 is 0.923 bits per heavy atom. The van der Waals surface area contributed by atoms with E-state index >= 15 is 0 Å². The molecule has 0 aromatic carbocycles. The molecule has 5 atom stereocenters. The van der Waals surface area contributed by atoms with Gasteiger partial charge in [-0.05, 0) is 50.6 Å². The van der Waals surface area contributed by atoms with Crippen LogP contribution in [0.25, 0.3) is 0 Å². The van der Waals surface area contributed by atoms with Crippen molar-refractivity contribution in [3.05, 3.63) is 0 Å². The van der Waals surface area contributed by atoms with Crippen LogP contribution in [0.4, 0.5) is 0 Å². The summed E-state index contributed by atoms with van der Waals surface area (Å²) in [6.07, 6.45) is 5.09.